The van der Waals surface area contributed by atoms with Crippen LogP contribution < -0.4 is 0 Å². The van der Waals surface area contributed by atoms with Crippen molar-refractivity contribution in [3.05, 3.63) is 46.7 Å². The van der Waals surface area contributed by atoms with Crippen LogP contribution in [-0.2, 0) is 6.42 Å². The lowest BCUT2D eigenvalue weighted by molar-refractivity contribution is 0.299. The largest absolute Gasteiger partial charge is 0.396 e. The molecule has 15 heavy (non-hydrogen) atoms. The van der Waals surface area contributed by atoms with Crippen molar-refractivity contribution in [3.63, 3.8) is 0 Å². The quantitative estimate of drug-likeness (QED) is 0.925. The molecule has 0 aliphatic rings. The Morgan fingerprint density at radius 2 is 2.00 bits per heavy atom. The topological polar surface area (TPSA) is 38.1 Å². The minimum atomic E-state index is 0.159. The van der Waals surface area contributed by atoms with Gasteiger partial charge in [-0.05, 0) is 36.2 Å². The minimum Gasteiger partial charge on any atom is -0.396 e. The van der Waals surface area contributed by atoms with E-state index in [1.165, 1.54) is 0 Å². The van der Waals surface area contributed by atoms with E-state index < -0.39 is 0 Å². The summed E-state index contributed by atoms with van der Waals surface area (Å²) < 4.78 is 2.85. The van der Waals surface area contributed by atoms with Crippen molar-refractivity contribution >= 4 is 15.9 Å². The highest BCUT2D eigenvalue weighted by Crippen LogP contribution is 2.14. The van der Waals surface area contributed by atoms with Gasteiger partial charge in [-0.15, -0.1) is 0 Å². The van der Waals surface area contributed by atoms with Gasteiger partial charge in [0.1, 0.15) is 0 Å². The Morgan fingerprint density at radius 3 is 2.67 bits per heavy atom. The molecule has 0 atom stereocenters. The second-order valence-corrected chi connectivity index (χ2v) is 4.16. The molecule has 0 saturated heterocycles. The average Bonchev–Trinajstić information content (AvgIpc) is 2.68. The first-order valence-corrected chi connectivity index (χ1v) is 5.49. The normalized spacial score (nSPS) is 10.5. The van der Waals surface area contributed by atoms with Gasteiger partial charge in [0.15, 0.2) is 0 Å². The standard InChI is InChI=1S/C11H11BrN2O/c12-10-1-3-11(4-2-10)14-8-9(5-6-15)7-13-14/h1-4,7-8,15H,5-6H2. The Morgan fingerprint density at radius 1 is 1.27 bits per heavy atom. The van der Waals surface area contributed by atoms with Gasteiger partial charge >= 0.3 is 0 Å². The molecule has 78 valence electrons. The Kier molecular flexibility index (Phi) is 3.18. The monoisotopic (exact) mass is 266 g/mol. The summed E-state index contributed by atoms with van der Waals surface area (Å²) in [4.78, 5) is 0. The molecule has 0 radical (unpaired) electrons. The van der Waals surface area contributed by atoms with Gasteiger partial charge in [0.05, 0.1) is 11.9 Å². The fraction of sp³-hybridized carbons (Fsp3) is 0.182. The zero-order valence-corrected chi connectivity index (χ0v) is 9.68. The molecule has 0 aliphatic carbocycles. The Hall–Kier alpha value is -1.13. The molecular formula is C11H11BrN2O. The van der Waals surface area contributed by atoms with Crippen LogP contribution in [0.25, 0.3) is 5.69 Å². The molecular weight excluding hydrogens is 256 g/mol. The number of rotatable bonds is 3. The first-order chi connectivity index (χ1) is 7.29. The highest BCUT2D eigenvalue weighted by molar-refractivity contribution is 9.10. The fourth-order valence-corrected chi connectivity index (χ4v) is 1.62. The average molecular weight is 267 g/mol. The SMILES string of the molecule is OCCc1cnn(-c2ccc(Br)cc2)c1. The number of aromatic nitrogens is 2. The summed E-state index contributed by atoms with van der Waals surface area (Å²) >= 11 is 3.39. The molecule has 0 bridgehead atoms. The second-order valence-electron chi connectivity index (χ2n) is 3.24. The van der Waals surface area contributed by atoms with Crippen LogP contribution in [0, 0.1) is 0 Å². The second kappa shape index (κ2) is 4.59. The summed E-state index contributed by atoms with van der Waals surface area (Å²) in [6.07, 6.45) is 4.36. The van der Waals surface area contributed by atoms with E-state index in [1.807, 2.05) is 30.5 Å². The third kappa shape index (κ3) is 2.46. The third-order valence-corrected chi connectivity index (χ3v) is 2.66. The van der Waals surface area contributed by atoms with Gasteiger partial charge in [0.2, 0.25) is 0 Å². The van der Waals surface area contributed by atoms with Crippen LogP contribution in [0.4, 0.5) is 0 Å². The van der Waals surface area contributed by atoms with E-state index >= 15 is 0 Å². The maximum absolute atomic E-state index is 8.79. The molecule has 1 aromatic heterocycles. The molecule has 0 amide bonds. The minimum absolute atomic E-state index is 0.159. The summed E-state index contributed by atoms with van der Waals surface area (Å²) in [6.45, 7) is 0.159. The van der Waals surface area contributed by atoms with E-state index in [9.17, 15) is 0 Å². The van der Waals surface area contributed by atoms with Crippen LogP contribution >= 0.6 is 15.9 Å². The molecule has 4 heteroatoms. The molecule has 1 heterocycles. The summed E-state index contributed by atoms with van der Waals surface area (Å²) in [7, 11) is 0. The molecule has 2 rings (SSSR count). The number of halogens is 1. The maximum Gasteiger partial charge on any atom is 0.0646 e. The third-order valence-electron chi connectivity index (χ3n) is 2.13. The van der Waals surface area contributed by atoms with Gasteiger partial charge in [0, 0.05) is 17.3 Å². The Bertz CT molecular complexity index is 436. The molecule has 1 N–H and O–H groups in total. The maximum atomic E-state index is 8.79. The van der Waals surface area contributed by atoms with Crippen molar-refractivity contribution in [2.45, 2.75) is 6.42 Å². The molecule has 0 unspecified atom stereocenters. The van der Waals surface area contributed by atoms with E-state index in [0.717, 1.165) is 15.7 Å². The predicted octanol–water partition coefficient (Wildman–Crippen LogP) is 2.17. The van der Waals surface area contributed by atoms with Gasteiger partial charge in [-0.2, -0.15) is 5.10 Å². The molecule has 0 saturated carbocycles. The van der Waals surface area contributed by atoms with Crippen LogP contribution in [-0.4, -0.2) is 21.5 Å². The van der Waals surface area contributed by atoms with Crippen molar-refractivity contribution in [1.29, 1.82) is 0 Å². The molecule has 1 aromatic carbocycles. The van der Waals surface area contributed by atoms with Crippen LogP contribution in [0.3, 0.4) is 0 Å². The van der Waals surface area contributed by atoms with Gasteiger partial charge < -0.3 is 5.11 Å². The van der Waals surface area contributed by atoms with E-state index in [4.69, 9.17) is 5.11 Å². The molecule has 0 aliphatic heterocycles. The predicted molar refractivity (Wildman–Crippen MR) is 62.1 cm³/mol. The lowest BCUT2D eigenvalue weighted by atomic mass is 10.3. The first-order valence-electron chi connectivity index (χ1n) is 4.70. The highest BCUT2D eigenvalue weighted by atomic mass is 79.9. The number of hydrogen-bond acceptors (Lipinski definition) is 2. The van der Waals surface area contributed by atoms with Crippen molar-refractivity contribution in [2.75, 3.05) is 6.61 Å². The summed E-state index contributed by atoms with van der Waals surface area (Å²) in [5.74, 6) is 0. The summed E-state index contributed by atoms with van der Waals surface area (Å²) in [5.41, 5.74) is 2.06. The zero-order valence-electron chi connectivity index (χ0n) is 8.10. The fourth-order valence-electron chi connectivity index (χ4n) is 1.35. The summed E-state index contributed by atoms with van der Waals surface area (Å²) in [6, 6.07) is 7.92. The van der Waals surface area contributed by atoms with Crippen molar-refractivity contribution < 1.29 is 5.11 Å². The van der Waals surface area contributed by atoms with Crippen LogP contribution in [0.15, 0.2) is 41.1 Å². The number of aliphatic hydroxyl groups is 1. The van der Waals surface area contributed by atoms with Crippen molar-refractivity contribution in [2.24, 2.45) is 0 Å². The first kappa shape index (κ1) is 10.4. The number of benzene rings is 1. The van der Waals surface area contributed by atoms with E-state index in [0.29, 0.717) is 6.42 Å². The van der Waals surface area contributed by atoms with Crippen molar-refractivity contribution in [3.8, 4) is 5.69 Å². The van der Waals surface area contributed by atoms with E-state index in [2.05, 4.69) is 21.0 Å². The smallest absolute Gasteiger partial charge is 0.0646 e. The van der Waals surface area contributed by atoms with Gasteiger partial charge in [-0.25, -0.2) is 4.68 Å². The van der Waals surface area contributed by atoms with Crippen LogP contribution in [0.5, 0.6) is 0 Å². The van der Waals surface area contributed by atoms with Gasteiger partial charge in [0.25, 0.3) is 0 Å². The van der Waals surface area contributed by atoms with Crippen LogP contribution in [0.1, 0.15) is 5.56 Å². The summed E-state index contributed by atoms with van der Waals surface area (Å²) in [5, 5.41) is 13.0. The van der Waals surface area contributed by atoms with E-state index in [-0.39, 0.29) is 6.61 Å². The zero-order chi connectivity index (χ0) is 10.7. The lowest BCUT2D eigenvalue weighted by Gasteiger charge is -2.00. The highest BCUT2D eigenvalue weighted by Gasteiger charge is 2.00. The Labute approximate surface area is 96.5 Å². The number of nitrogens with zero attached hydrogens (tertiary/aromatic N) is 2. The van der Waals surface area contributed by atoms with Gasteiger partial charge in [-0.1, -0.05) is 15.9 Å². The lowest BCUT2D eigenvalue weighted by Crippen LogP contribution is -1.93. The number of aliphatic hydroxyl groups excluding tert-OH is 1. The van der Waals surface area contributed by atoms with Crippen molar-refractivity contribution in [1.82, 2.24) is 9.78 Å². The molecule has 0 fully saturated rings. The van der Waals surface area contributed by atoms with Crippen LogP contribution in [0.2, 0.25) is 0 Å². The van der Waals surface area contributed by atoms with E-state index in [1.54, 1.807) is 10.9 Å². The Balaban J connectivity index is 2.25. The van der Waals surface area contributed by atoms with Gasteiger partial charge in [-0.3, -0.25) is 0 Å². The molecule has 0 spiro atoms. The number of hydrogen-bond donors (Lipinski definition) is 1. The molecule has 2 aromatic rings. The molecule has 3 nitrogen and oxygen atoms in total.